The smallest absolute Gasteiger partial charge is 0.131 e. The summed E-state index contributed by atoms with van der Waals surface area (Å²) >= 11 is 0. The normalized spacial score (nSPS) is 19.3. The second-order valence-electron chi connectivity index (χ2n) is 6.87. The molecule has 1 aliphatic heterocycles. The lowest BCUT2D eigenvalue weighted by Gasteiger charge is -2.27. The highest BCUT2D eigenvalue weighted by atomic mass is 15.3. The van der Waals surface area contributed by atoms with Crippen molar-refractivity contribution in [3.05, 3.63) is 18.2 Å². The van der Waals surface area contributed by atoms with E-state index in [4.69, 9.17) is 4.98 Å². The number of rotatable bonds is 5. The molecule has 0 aromatic carbocycles. The van der Waals surface area contributed by atoms with E-state index in [0.29, 0.717) is 6.04 Å². The summed E-state index contributed by atoms with van der Waals surface area (Å²) in [5, 5.41) is 3.45. The van der Waals surface area contributed by atoms with Crippen LogP contribution in [0.4, 0.5) is 11.6 Å². The average Bonchev–Trinajstić information content (AvgIpc) is 2.88. The molecule has 1 N–H and O–H groups in total. The predicted octanol–water partition coefficient (Wildman–Crippen LogP) is 3.21. The van der Waals surface area contributed by atoms with Crippen LogP contribution in [0.2, 0.25) is 0 Å². The van der Waals surface area contributed by atoms with Crippen LogP contribution in [-0.4, -0.2) is 47.6 Å². The highest BCUT2D eigenvalue weighted by Gasteiger charge is 2.27. The van der Waals surface area contributed by atoms with Crippen molar-refractivity contribution in [2.75, 3.05) is 36.4 Å². The molecule has 1 fully saturated rings. The molecule has 4 nitrogen and oxygen atoms in total. The fourth-order valence-corrected chi connectivity index (χ4v) is 3.04. The Morgan fingerprint density at radius 1 is 1.29 bits per heavy atom. The summed E-state index contributed by atoms with van der Waals surface area (Å²) in [7, 11) is 0. The van der Waals surface area contributed by atoms with Gasteiger partial charge in [0.05, 0.1) is 0 Å². The third kappa shape index (κ3) is 4.34. The number of nitrogens with one attached hydrogen (secondary N) is 1. The number of anilines is 2. The molecular formula is C17H30N4. The highest BCUT2D eigenvalue weighted by molar-refractivity contribution is 5.48. The lowest BCUT2D eigenvalue weighted by molar-refractivity contribution is 0.232. The molecule has 1 aromatic heterocycles. The Morgan fingerprint density at radius 3 is 2.62 bits per heavy atom. The minimum absolute atomic E-state index is 0.0421. The van der Waals surface area contributed by atoms with Crippen molar-refractivity contribution in [2.45, 2.75) is 52.6 Å². The first-order chi connectivity index (χ1) is 9.93. The SMILES string of the molecule is CCN(CC)C1CCN(c2cccc(NC(C)(C)C)n2)C1. The quantitative estimate of drug-likeness (QED) is 0.902. The first-order valence-corrected chi connectivity index (χ1v) is 8.17. The number of likely N-dealkylation sites (N-methyl/N-ethyl adjacent to an activating group) is 1. The van der Waals surface area contributed by atoms with Gasteiger partial charge < -0.3 is 10.2 Å². The van der Waals surface area contributed by atoms with Crippen LogP contribution >= 0.6 is 0 Å². The zero-order chi connectivity index (χ0) is 15.5. The highest BCUT2D eigenvalue weighted by Crippen LogP contribution is 2.23. The van der Waals surface area contributed by atoms with Crippen molar-refractivity contribution < 1.29 is 0 Å². The molecule has 118 valence electrons. The van der Waals surface area contributed by atoms with Gasteiger partial charge in [0.1, 0.15) is 11.6 Å². The van der Waals surface area contributed by atoms with Crippen LogP contribution in [0.25, 0.3) is 0 Å². The van der Waals surface area contributed by atoms with Gasteiger partial charge in [0.25, 0.3) is 0 Å². The molecule has 2 heterocycles. The topological polar surface area (TPSA) is 31.4 Å². The third-order valence-electron chi connectivity index (χ3n) is 4.05. The summed E-state index contributed by atoms with van der Waals surface area (Å²) in [4.78, 5) is 9.75. The van der Waals surface area contributed by atoms with Gasteiger partial charge in [0, 0.05) is 24.7 Å². The fourth-order valence-electron chi connectivity index (χ4n) is 3.04. The molecule has 1 atom stereocenters. The summed E-state index contributed by atoms with van der Waals surface area (Å²) in [5.41, 5.74) is 0.0421. The summed E-state index contributed by atoms with van der Waals surface area (Å²) in [6.45, 7) is 15.4. The Balaban J connectivity index is 2.04. The van der Waals surface area contributed by atoms with E-state index in [-0.39, 0.29) is 5.54 Å². The van der Waals surface area contributed by atoms with E-state index in [1.165, 1.54) is 6.42 Å². The average molecular weight is 290 g/mol. The van der Waals surface area contributed by atoms with Crippen molar-refractivity contribution in [2.24, 2.45) is 0 Å². The van der Waals surface area contributed by atoms with E-state index < -0.39 is 0 Å². The molecule has 1 aromatic rings. The second-order valence-corrected chi connectivity index (χ2v) is 6.87. The monoisotopic (exact) mass is 290 g/mol. The van der Waals surface area contributed by atoms with Crippen LogP contribution in [0.5, 0.6) is 0 Å². The number of hydrogen-bond acceptors (Lipinski definition) is 4. The van der Waals surface area contributed by atoms with E-state index in [2.05, 4.69) is 61.9 Å². The summed E-state index contributed by atoms with van der Waals surface area (Å²) in [6, 6.07) is 6.94. The molecular weight excluding hydrogens is 260 g/mol. The molecule has 0 spiro atoms. The van der Waals surface area contributed by atoms with Crippen molar-refractivity contribution in [3.8, 4) is 0 Å². The van der Waals surface area contributed by atoms with Crippen molar-refractivity contribution in [3.63, 3.8) is 0 Å². The lowest BCUT2D eigenvalue weighted by atomic mass is 10.1. The van der Waals surface area contributed by atoms with Crippen molar-refractivity contribution in [1.29, 1.82) is 0 Å². The maximum atomic E-state index is 4.78. The van der Waals surface area contributed by atoms with Crippen molar-refractivity contribution >= 4 is 11.6 Å². The molecule has 2 rings (SSSR count). The Labute approximate surface area is 129 Å². The van der Waals surface area contributed by atoms with Gasteiger partial charge in [-0.05, 0) is 52.4 Å². The van der Waals surface area contributed by atoms with Gasteiger partial charge in [-0.2, -0.15) is 0 Å². The Kier molecular flexibility index (Phi) is 5.09. The predicted molar refractivity (Wildman–Crippen MR) is 91.2 cm³/mol. The molecule has 1 saturated heterocycles. The van der Waals surface area contributed by atoms with E-state index in [0.717, 1.165) is 37.8 Å². The molecule has 21 heavy (non-hydrogen) atoms. The lowest BCUT2D eigenvalue weighted by Crippen LogP contribution is -2.37. The Bertz CT molecular complexity index is 448. The molecule has 4 heteroatoms. The molecule has 0 saturated carbocycles. The molecule has 0 bridgehead atoms. The van der Waals surface area contributed by atoms with Gasteiger partial charge >= 0.3 is 0 Å². The van der Waals surface area contributed by atoms with E-state index in [1.54, 1.807) is 0 Å². The summed E-state index contributed by atoms with van der Waals surface area (Å²) in [5.74, 6) is 2.06. The van der Waals surface area contributed by atoms with Crippen LogP contribution in [-0.2, 0) is 0 Å². The van der Waals surface area contributed by atoms with Crippen LogP contribution in [0.3, 0.4) is 0 Å². The van der Waals surface area contributed by atoms with E-state index in [1.807, 2.05) is 6.07 Å². The van der Waals surface area contributed by atoms with Crippen LogP contribution < -0.4 is 10.2 Å². The standard InChI is InChI=1S/C17H30N4/c1-6-20(7-2)14-11-12-21(13-14)16-10-8-9-15(18-16)19-17(3,4)5/h8-10,14H,6-7,11-13H2,1-5H3,(H,18,19). The zero-order valence-electron chi connectivity index (χ0n) is 14.2. The first-order valence-electron chi connectivity index (χ1n) is 8.17. The van der Waals surface area contributed by atoms with Crippen LogP contribution in [0, 0.1) is 0 Å². The maximum Gasteiger partial charge on any atom is 0.131 e. The molecule has 0 aliphatic carbocycles. The molecule has 1 unspecified atom stereocenters. The Hall–Kier alpha value is -1.29. The first kappa shape index (κ1) is 16.1. The van der Waals surface area contributed by atoms with Gasteiger partial charge in [-0.3, -0.25) is 4.90 Å². The van der Waals surface area contributed by atoms with Crippen LogP contribution in [0.1, 0.15) is 41.0 Å². The third-order valence-corrected chi connectivity index (χ3v) is 4.05. The maximum absolute atomic E-state index is 4.78. The van der Waals surface area contributed by atoms with Gasteiger partial charge in [0.2, 0.25) is 0 Å². The minimum atomic E-state index is 0.0421. The van der Waals surface area contributed by atoms with Crippen LogP contribution in [0.15, 0.2) is 18.2 Å². The number of aromatic nitrogens is 1. The fraction of sp³-hybridized carbons (Fsp3) is 0.706. The number of pyridine rings is 1. The zero-order valence-corrected chi connectivity index (χ0v) is 14.2. The summed E-state index contributed by atoms with van der Waals surface area (Å²) in [6.07, 6.45) is 1.24. The van der Waals surface area contributed by atoms with Crippen molar-refractivity contribution in [1.82, 2.24) is 9.88 Å². The molecule has 0 radical (unpaired) electrons. The van der Waals surface area contributed by atoms with E-state index >= 15 is 0 Å². The Morgan fingerprint density at radius 2 is 2.00 bits per heavy atom. The number of hydrogen-bond donors (Lipinski definition) is 1. The molecule has 0 amide bonds. The second kappa shape index (κ2) is 6.65. The minimum Gasteiger partial charge on any atom is -0.365 e. The number of nitrogens with zero attached hydrogens (tertiary/aromatic N) is 3. The van der Waals surface area contributed by atoms with Gasteiger partial charge in [-0.1, -0.05) is 19.9 Å². The van der Waals surface area contributed by atoms with E-state index in [9.17, 15) is 0 Å². The van der Waals surface area contributed by atoms with Gasteiger partial charge in [0.15, 0.2) is 0 Å². The summed E-state index contributed by atoms with van der Waals surface area (Å²) < 4.78 is 0. The largest absolute Gasteiger partial charge is 0.365 e. The molecule has 1 aliphatic rings. The van der Waals surface area contributed by atoms with Gasteiger partial charge in [-0.15, -0.1) is 0 Å². The van der Waals surface area contributed by atoms with Gasteiger partial charge in [-0.25, -0.2) is 4.98 Å².